The first kappa shape index (κ1) is 14.1. The Morgan fingerprint density at radius 2 is 1.79 bits per heavy atom. The minimum Gasteiger partial charge on any atom is -0.496 e. The predicted octanol–water partition coefficient (Wildman–Crippen LogP) is 4.12. The van der Waals surface area contributed by atoms with E-state index >= 15 is 0 Å². The van der Waals surface area contributed by atoms with Crippen LogP contribution in [0.4, 0.5) is 0 Å². The summed E-state index contributed by atoms with van der Waals surface area (Å²) in [5, 5.41) is 0. The third-order valence-electron chi connectivity index (χ3n) is 3.29. The van der Waals surface area contributed by atoms with Crippen LogP contribution in [0.25, 0.3) is 0 Å². The van der Waals surface area contributed by atoms with Crippen LogP contribution >= 0.6 is 15.9 Å². The number of ether oxygens (including phenoxy) is 1. The molecule has 0 saturated carbocycles. The van der Waals surface area contributed by atoms with E-state index in [0.29, 0.717) is 0 Å². The monoisotopic (exact) mass is 319 g/mol. The summed E-state index contributed by atoms with van der Waals surface area (Å²) in [6, 6.07) is 12.1. The van der Waals surface area contributed by atoms with E-state index in [2.05, 4.69) is 48.0 Å². The molecule has 2 nitrogen and oxygen atoms in total. The first-order valence-corrected chi connectivity index (χ1v) is 6.98. The zero-order valence-electron chi connectivity index (χ0n) is 11.4. The summed E-state index contributed by atoms with van der Waals surface area (Å²) in [4.78, 5) is 0. The van der Waals surface area contributed by atoms with Gasteiger partial charge in [-0.1, -0.05) is 39.7 Å². The fourth-order valence-corrected chi connectivity index (χ4v) is 2.73. The standard InChI is InChI=1S/C16H18BrNO/c1-10-4-7-15(19-3)14(8-10)16(18)13-6-5-12(17)9-11(13)2/h4-9,16H,18H2,1-3H3. The van der Waals surface area contributed by atoms with E-state index in [9.17, 15) is 0 Å². The Labute approximate surface area is 122 Å². The molecule has 100 valence electrons. The fourth-order valence-electron chi connectivity index (χ4n) is 2.25. The third kappa shape index (κ3) is 2.99. The molecule has 0 aliphatic heterocycles. The Morgan fingerprint density at radius 3 is 2.42 bits per heavy atom. The second-order valence-electron chi connectivity index (χ2n) is 4.72. The van der Waals surface area contributed by atoms with Crippen molar-refractivity contribution in [3.63, 3.8) is 0 Å². The van der Waals surface area contributed by atoms with Crippen molar-refractivity contribution < 1.29 is 4.74 Å². The Bertz CT molecular complexity index is 595. The molecular formula is C16H18BrNO. The second kappa shape index (κ2) is 5.76. The van der Waals surface area contributed by atoms with Gasteiger partial charge in [0.25, 0.3) is 0 Å². The van der Waals surface area contributed by atoms with E-state index in [0.717, 1.165) is 21.3 Å². The lowest BCUT2D eigenvalue weighted by molar-refractivity contribution is 0.407. The zero-order valence-corrected chi connectivity index (χ0v) is 13.0. The van der Waals surface area contributed by atoms with Gasteiger partial charge in [0.2, 0.25) is 0 Å². The first-order chi connectivity index (χ1) is 9.02. The maximum Gasteiger partial charge on any atom is 0.123 e. The number of benzene rings is 2. The van der Waals surface area contributed by atoms with Gasteiger partial charge in [0.15, 0.2) is 0 Å². The fraction of sp³-hybridized carbons (Fsp3) is 0.250. The highest BCUT2D eigenvalue weighted by Crippen LogP contribution is 2.31. The summed E-state index contributed by atoms with van der Waals surface area (Å²) in [5.41, 5.74) is 10.9. The topological polar surface area (TPSA) is 35.2 Å². The molecule has 19 heavy (non-hydrogen) atoms. The summed E-state index contributed by atoms with van der Waals surface area (Å²) in [6.07, 6.45) is 0. The minimum atomic E-state index is -0.178. The van der Waals surface area contributed by atoms with E-state index < -0.39 is 0 Å². The molecule has 0 fully saturated rings. The van der Waals surface area contributed by atoms with Gasteiger partial charge in [-0.25, -0.2) is 0 Å². The highest BCUT2D eigenvalue weighted by Gasteiger charge is 2.16. The Kier molecular flexibility index (Phi) is 4.27. The van der Waals surface area contributed by atoms with E-state index in [1.165, 1.54) is 11.1 Å². The van der Waals surface area contributed by atoms with Crippen molar-refractivity contribution in [3.8, 4) is 5.75 Å². The van der Waals surface area contributed by atoms with E-state index in [1.807, 2.05) is 18.2 Å². The van der Waals surface area contributed by atoms with Gasteiger partial charge in [-0.05, 0) is 43.2 Å². The van der Waals surface area contributed by atoms with Gasteiger partial charge in [-0.2, -0.15) is 0 Å². The molecule has 0 bridgehead atoms. The number of rotatable bonds is 3. The number of hydrogen-bond donors (Lipinski definition) is 1. The SMILES string of the molecule is COc1ccc(C)cc1C(N)c1ccc(Br)cc1C. The number of nitrogens with two attached hydrogens (primary N) is 1. The summed E-state index contributed by atoms with van der Waals surface area (Å²) in [5.74, 6) is 0.834. The molecule has 2 aromatic rings. The average molecular weight is 320 g/mol. The largest absolute Gasteiger partial charge is 0.496 e. The molecule has 0 heterocycles. The molecular weight excluding hydrogens is 302 g/mol. The number of halogens is 1. The summed E-state index contributed by atoms with van der Waals surface area (Å²) >= 11 is 3.48. The molecule has 0 aliphatic rings. The molecule has 0 saturated heterocycles. The van der Waals surface area contributed by atoms with Crippen molar-refractivity contribution in [2.45, 2.75) is 19.9 Å². The number of aryl methyl sites for hydroxylation is 2. The first-order valence-electron chi connectivity index (χ1n) is 6.19. The average Bonchev–Trinajstić information content (AvgIpc) is 2.38. The molecule has 3 heteroatoms. The maximum absolute atomic E-state index is 6.42. The number of methoxy groups -OCH3 is 1. The summed E-state index contributed by atoms with van der Waals surface area (Å²) < 4.78 is 6.48. The lowest BCUT2D eigenvalue weighted by atomic mass is 9.94. The third-order valence-corrected chi connectivity index (χ3v) is 3.78. The maximum atomic E-state index is 6.42. The van der Waals surface area contributed by atoms with Crippen molar-refractivity contribution in [1.82, 2.24) is 0 Å². The van der Waals surface area contributed by atoms with E-state index in [-0.39, 0.29) is 6.04 Å². The molecule has 1 unspecified atom stereocenters. The minimum absolute atomic E-state index is 0.178. The molecule has 2 N–H and O–H groups in total. The number of hydrogen-bond acceptors (Lipinski definition) is 2. The van der Waals surface area contributed by atoms with Gasteiger partial charge >= 0.3 is 0 Å². The molecule has 2 rings (SSSR count). The van der Waals surface area contributed by atoms with Crippen LogP contribution in [-0.4, -0.2) is 7.11 Å². The molecule has 0 spiro atoms. The lowest BCUT2D eigenvalue weighted by Crippen LogP contribution is -2.14. The van der Waals surface area contributed by atoms with Gasteiger partial charge in [0.05, 0.1) is 13.2 Å². The van der Waals surface area contributed by atoms with Crippen molar-refractivity contribution in [3.05, 3.63) is 63.1 Å². The van der Waals surface area contributed by atoms with Crippen LogP contribution in [0.1, 0.15) is 28.3 Å². The smallest absolute Gasteiger partial charge is 0.123 e. The van der Waals surface area contributed by atoms with Gasteiger partial charge in [-0.15, -0.1) is 0 Å². The van der Waals surface area contributed by atoms with E-state index in [1.54, 1.807) is 7.11 Å². The van der Waals surface area contributed by atoms with Crippen LogP contribution in [0, 0.1) is 13.8 Å². The van der Waals surface area contributed by atoms with Crippen LogP contribution in [-0.2, 0) is 0 Å². The predicted molar refractivity (Wildman–Crippen MR) is 82.6 cm³/mol. The van der Waals surface area contributed by atoms with Gasteiger partial charge in [-0.3, -0.25) is 0 Å². The second-order valence-corrected chi connectivity index (χ2v) is 5.64. The van der Waals surface area contributed by atoms with Gasteiger partial charge in [0.1, 0.15) is 5.75 Å². The van der Waals surface area contributed by atoms with Gasteiger partial charge < -0.3 is 10.5 Å². The molecule has 0 aliphatic carbocycles. The van der Waals surface area contributed by atoms with Crippen LogP contribution in [0.3, 0.4) is 0 Å². The summed E-state index contributed by atoms with van der Waals surface area (Å²) in [6.45, 7) is 4.13. The lowest BCUT2D eigenvalue weighted by Gasteiger charge is -2.19. The Hall–Kier alpha value is -1.32. The highest BCUT2D eigenvalue weighted by molar-refractivity contribution is 9.10. The molecule has 0 amide bonds. The zero-order chi connectivity index (χ0) is 14.0. The molecule has 0 radical (unpaired) electrons. The van der Waals surface area contributed by atoms with Crippen LogP contribution in [0.5, 0.6) is 5.75 Å². The molecule has 1 atom stereocenters. The summed E-state index contributed by atoms with van der Waals surface area (Å²) in [7, 11) is 1.68. The van der Waals surface area contributed by atoms with Crippen molar-refractivity contribution in [2.24, 2.45) is 5.73 Å². The Morgan fingerprint density at radius 1 is 1.05 bits per heavy atom. The van der Waals surface area contributed by atoms with Crippen LogP contribution in [0.15, 0.2) is 40.9 Å². The Balaban J connectivity index is 2.49. The highest BCUT2D eigenvalue weighted by atomic mass is 79.9. The molecule has 0 aromatic heterocycles. The van der Waals surface area contributed by atoms with Crippen molar-refractivity contribution in [2.75, 3.05) is 7.11 Å². The van der Waals surface area contributed by atoms with Crippen molar-refractivity contribution >= 4 is 15.9 Å². The van der Waals surface area contributed by atoms with E-state index in [4.69, 9.17) is 10.5 Å². The molecule has 2 aromatic carbocycles. The quantitative estimate of drug-likeness (QED) is 0.923. The van der Waals surface area contributed by atoms with Crippen LogP contribution < -0.4 is 10.5 Å². The normalized spacial score (nSPS) is 12.3. The van der Waals surface area contributed by atoms with Crippen molar-refractivity contribution in [1.29, 1.82) is 0 Å². The van der Waals surface area contributed by atoms with Gasteiger partial charge in [0, 0.05) is 10.0 Å². The van der Waals surface area contributed by atoms with Crippen LogP contribution in [0.2, 0.25) is 0 Å².